The van der Waals surface area contributed by atoms with Crippen LogP contribution in [0.15, 0.2) is 12.1 Å². The summed E-state index contributed by atoms with van der Waals surface area (Å²) in [6.07, 6.45) is 0.149. The van der Waals surface area contributed by atoms with E-state index in [-0.39, 0.29) is 0 Å². The maximum atomic E-state index is 12.9. The molecule has 1 amide bonds. The molecule has 5 heteroatoms. The minimum Gasteiger partial charge on any atom is -0.443 e. The molecule has 2 heterocycles. The Bertz CT molecular complexity index is 454. The Kier molecular flexibility index (Phi) is 2.77. The zero-order chi connectivity index (χ0) is 12.6. The van der Waals surface area contributed by atoms with Crippen LogP contribution in [0.25, 0.3) is 0 Å². The molecule has 92 valence electrons. The maximum Gasteiger partial charge on any atom is 0.414 e. The van der Waals surface area contributed by atoms with Crippen LogP contribution in [-0.2, 0) is 11.2 Å². The molecule has 1 aliphatic rings. The number of aromatic nitrogens is 1. The first-order valence-electron chi connectivity index (χ1n) is 5.53. The number of hydrogen-bond donors (Lipinski definition) is 0. The van der Waals surface area contributed by atoms with Gasteiger partial charge in [0.15, 0.2) is 0 Å². The number of fused-ring (bicyclic) bond motifs is 1. The fourth-order valence-electron chi connectivity index (χ4n) is 1.74. The summed E-state index contributed by atoms with van der Waals surface area (Å²) in [7, 11) is 0. The summed E-state index contributed by atoms with van der Waals surface area (Å²) in [6.45, 7) is 5.92. The standard InChI is InChI=1S/C12H15FN2O2/c1-12(2,3)17-11(16)15-7-6-8-9(15)4-5-10(13)14-8/h4-5H,6-7H2,1-3H3. The Hall–Kier alpha value is -1.65. The number of carbonyl (C=O) groups is 1. The molecular formula is C12H15FN2O2. The number of pyridine rings is 1. The normalized spacial score (nSPS) is 14.7. The fourth-order valence-corrected chi connectivity index (χ4v) is 1.74. The van der Waals surface area contributed by atoms with Crippen LogP contribution in [-0.4, -0.2) is 23.2 Å². The molecule has 0 saturated carbocycles. The second-order valence-corrected chi connectivity index (χ2v) is 4.98. The van der Waals surface area contributed by atoms with Crippen molar-refractivity contribution >= 4 is 11.8 Å². The molecule has 0 spiro atoms. The smallest absolute Gasteiger partial charge is 0.414 e. The zero-order valence-electron chi connectivity index (χ0n) is 10.2. The van der Waals surface area contributed by atoms with Crippen LogP contribution in [0.4, 0.5) is 14.9 Å². The number of carbonyl (C=O) groups excluding carboxylic acids is 1. The van der Waals surface area contributed by atoms with E-state index < -0.39 is 17.6 Å². The van der Waals surface area contributed by atoms with Crippen LogP contribution < -0.4 is 4.90 Å². The molecule has 0 N–H and O–H groups in total. The van der Waals surface area contributed by atoms with Crippen molar-refractivity contribution in [1.82, 2.24) is 4.98 Å². The topological polar surface area (TPSA) is 42.4 Å². The highest BCUT2D eigenvalue weighted by molar-refractivity contribution is 5.90. The minimum atomic E-state index is -0.534. The van der Waals surface area contributed by atoms with Gasteiger partial charge in [-0.2, -0.15) is 4.39 Å². The first-order valence-corrected chi connectivity index (χ1v) is 5.53. The van der Waals surface area contributed by atoms with Gasteiger partial charge in [-0.25, -0.2) is 9.78 Å². The highest BCUT2D eigenvalue weighted by Crippen LogP contribution is 2.27. The molecule has 0 fully saturated rings. The van der Waals surface area contributed by atoms with Gasteiger partial charge in [-0.1, -0.05) is 0 Å². The summed E-state index contributed by atoms with van der Waals surface area (Å²) in [4.78, 5) is 17.2. The third-order valence-corrected chi connectivity index (χ3v) is 2.39. The summed E-state index contributed by atoms with van der Waals surface area (Å²) < 4.78 is 18.2. The lowest BCUT2D eigenvalue weighted by atomic mass is 10.2. The second-order valence-electron chi connectivity index (χ2n) is 4.98. The van der Waals surface area contributed by atoms with Gasteiger partial charge in [0, 0.05) is 13.0 Å². The summed E-state index contributed by atoms with van der Waals surface area (Å²) >= 11 is 0. The Morgan fingerprint density at radius 2 is 2.18 bits per heavy atom. The number of hydrogen-bond acceptors (Lipinski definition) is 3. The number of rotatable bonds is 0. The van der Waals surface area contributed by atoms with Crippen LogP contribution in [0, 0.1) is 5.95 Å². The largest absolute Gasteiger partial charge is 0.443 e. The number of amides is 1. The molecule has 4 nitrogen and oxygen atoms in total. The van der Waals surface area contributed by atoms with Crippen molar-refractivity contribution in [2.24, 2.45) is 0 Å². The lowest BCUT2D eigenvalue weighted by Crippen LogP contribution is -2.35. The zero-order valence-corrected chi connectivity index (χ0v) is 10.2. The molecule has 17 heavy (non-hydrogen) atoms. The molecule has 2 rings (SSSR count). The van der Waals surface area contributed by atoms with E-state index in [1.165, 1.54) is 11.0 Å². The van der Waals surface area contributed by atoms with Crippen molar-refractivity contribution in [3.63, 3.8) is 0 Å². The highest BCUT2D eigenvalue weighted by Gasteiger charge is 2.29. The van der Waals surface area contributed by atoms with Crippen LogP contribution in [0.2, 0.25) is 0 Å². The fraction of sp³-hybridized carbons (Fsp3) is 0.500. The van der Waals surface area contributed by atoms with Crippen LogP contribution in [0.1, 0.15) is 26.5 Å². The van der Waals surface area contributed by atoms with Crippen molar-refractivity contribution in [2.75, 3.05) is 11.4 Å². The molecule has 0 radical (unpaired) electrons. The van der Waals surface area contributed by atoms with Crippen LogP contribution in [0.3, 0.4) is 0 Å². The second kappa shape index (κ2) is 3.98. The average Bonchev–Trinajstić information content (AvgIpc) is 2.57. The van der Waals surface area contributed by atoms with Gasteiger partial charge < -0.3 is 4.74 Å². The van der Waals surface area contributed by atoms with Gasteiger partial charge in [0.2, 0.25) is 5.95 Å². The number of ether oxygens (including phenoxy) is 1. The summed E-state index contributed by atoms with van der Waals surface area (Å²) in [5.74, 6) is -0.519. The molecule has 0 bridgehead atoms. The molecule has 0 saturated heterocycles. The van der Waals surface area contributed by atoms with E-state index in [1.54, 1.807) is 6.07 Å². The SMILES string of the molecule is CC(C)(C)OC(=O)N1CCc2nc(F)ccc21. The van der Waals surface area contributed by atoms with Gasteiger partial charge in [-0.3, -0.25) is 4.90 Å². The molecule has 1 aromatic rings. The highest BCUT2D eigenvalue weighted by atomic mass is 19.1. The van der Waals surface area contributed by atoms with Crippen molar-refractivity contribution in [1.29, 1.82) is 0 Å². The maximum absolute atomic E-state index is 12.9. The van der Waals surface area contributed by atoms with E-state index in [2.05, 4.69) is 4.98 Å². The summed E-state index contributed by atoms with van der Waals surface area (Å²) in [5, 5.41) is 0. The predicted molar refractivity (Wildman–Crippen MR) is 61.5 cm³/mol. The lowest BCUT2D eigenvalue weighted by molar-refractivity contribution is 0.0584. The van der Waals surface area contributed by atoms with E-state index in [0.717, 1.165) is 0 Å². The molecule has 0 aromatic carbocycles. The Morgan fingerprint density at radius 3 is 2.82 bits per heavy atom. The van der Waals surface area contributed by atoms with Gasteiger partial charge in [0.05, 0.1) is 11.4 Å². The van der Waals surface area contributed by atoms with E-state index in [0.29, 0.717) is 24.3 Å². The number of halogens is 1. The molecule has 0 unspecified atom stereocenters. The third-order valence-electron chi connectivity index (χ3n) is 2.39. The minimum absolute atomic E-state index is 0.412. The Labute approximate surface area is 99.4 Å². The Morgan fingerprint density at radius 1 is 1.47 bits per heavy atom. The molecule has 1 aliphatic heterocycles. The number of anilines is 1. The van der Waals surface area contributed by atoms with Crippen molar-refractivity contribution < 1.29 is 13.9 Å². The van der Waals surface area contributed by atoms with E-state index in [4.69, 9.17) is 4.74 Å². The molecule has 0 atom stereocenters. The third kappa shape index (κ3) is 2.54. The van der Waals surface area contributed by atoms with Crippen LogP contribution in [0.5, 0.6) is 0 Å². The van der Waals surface area contributed by atoms with Crippen LogP contribution >= 0.6 is 0 Å². The predicted octanol–water partition coefficient (Wildman–Crippen LogP) is 2.52. The first-order chi connectivity index (χ1) is 7.87. The summed E-state index contributed by atoms with van der Waals surface area (Å²) in [6, 6.07) is 2.82. The summed E-state index contributed by atoms with van der Waals surface area (Å²) in [5.41, 5.74) is 0.712. The van der Waals surface area contributed by atoms with E-state index >= 15 is 0 Å². The molecule has 1 aromatic heterocycles. The van der Waals surface area contributed by atoms with Gasteiger partial charge in [0.1, 0.15) is 5.60 Å². The van der Waals surface area contributed by atoms with Crippen molar-refractivity contribution in [3.8, 4) is 0 Å². The molecule has 0 aliphatic carbocycles. The van der Waals surface area contributed by atoms with E-state index in [1.807, 2.05) is 20.8 Å². The lowest BCUT2D eigenvalue weighted by Gasteiger charge is -2.24. The van der Waals surface area contributed by atoms with Gasteiger partial charge in [0.25, 0.3) is 0 Å². The Balaban J connectivity index is 2.20. The quantitative estimate of drug-likeness (QED) is 0.652. The monoisotopic (exact) mass is 238 g/mol. The van der Waals surface area contributed by atoms with Gasteiger partial charge >= 0.3 is 6.09 Å². The number of nitrogens with zero attached hydrogens (tertiary/aromatic N) is 2. The van der Waals surface area contributed by atoms with Crippen molar-refractivity contribution in [2.45, 2.75) is 32.8 Å². The van der Waals surface area contributed by atoms with Crippen molar-refractivity contribution in [3.05, 3.63) is 23.8 Å². The first kappa shape index (κ1) is 11.8. The van der Waals surface area contributed by atoms with Gasteiger partial charge in [-0.15, -0.1) is 0 Å². The van der Waals surface area contributed by atoms with E-state index in [9.17, 15) is 9.18 Å². The average molecular weight is 238 g/mol. The van der Waals surface area contributed by atoms with Gasteiger partial charge in [-0.05, 0) is 32.9 Å². The molecular weight excluding hydrogens is 223 g/mol.